The average molecular weight is 142 g/mol. The number of hydrogen-bond acceptors (Lipinski definition) is 2. The Labute approximate surface area is 59.4 Å². The molecular weight excluding hydrogens is 132 g/mol. The largest absolute Gasteiger partial charge is 0.481 e. The molecule has 0 saturated heterocycles. The minimum atomic E-state index is -0.972. The van der Waals surface area contributed by atoms with Gasteiger partial charge < -0.3 is 5.11 Å². The predicted octanol–water partition coefficient (Wildman–Crippen LogP) is 0.852. The number of aliphatic carboxylic acids is 1. The number of hydrogen-bond donors (Lipinski definition) is 1. The Balaban J connectivity index is 4.31. The molecule has 0 rings (SSSR count). The van der Waals surface area contributed by atoms with E-state index in [1.807, 2.05) is 0 Å². The zero-order valence-corrected chi connectivity index (χ0v) is 6.00. The summed E-state index contributed by atoms with van der Waals surface area (Å²) < 4.78 is 0. The van der Waals surface area contributed by atoms with Gasteiger partial charge >= 0.3 is 5.97 Å². The van der Waals surface area contributed by atoms with Crippen molar-refractivity contribution >= 4 is 12.3 Å². The van der Waals surface area contributed by atoms with Crippen molar-refractivity contribution in [1.82, 2.24) is 0 Å². The highest BCUT2D eigenvalue weighted by atomic mass is 16.4. The number of carboxylic acids is 1. The first-order valence-corrected chi connectivity index (χ1v) is 2.97. The van der Waals surface area contributed by atoms with Crippen molar-refractivity contribution < 1.29 is 14.7 Å². The minimum Gasteiger partial charge on any atom is -0.481 e. The van der Waals surface area contributed by atoms with Gasteiger partial charge in [-0.25, -0.2) is 0 Å². The maximum absolute atomic E-state index is 10.3. The number of aldehydes is 1. The van der Waals surface area contributed by atoms with Crippen LogP contribution >= 0.6 is 0 Å². The van der Waals surface area contributed by atoms with Crippen molar-refractivity contribution in [3.05, 3.63) is 11.6 Å². The van der Waals surface area contributed by atoms with Gasteiger partial charge in [-0.05, 0) is 13.8 Å². The zero-order valence-electron chi connectivity index (χ0n) is 6.00. The maximum atomic E-state index is 10.3. The molecule has 0 aromatic heterocycles. The van der Waals surface area contributed by atoms with Crippen molar-refractivity contribution in [3.8, 4) is 0 Å². The number of carbonyl (C=O) groups is 2. The second kappa shape index (κ2) is 3.82. The Morgan fingerprint density at radius 3 is 2.20 bits per heavy atom. The summed E-state index contributed by atoms with van der Waals surface area (Å²) >= 11 is 0. The van der Waals surface area contributed by atoms with Crippen molar-refractivity contribution in [2.24, 2.45) is 5.92 Å². The summed E-state index contributed by atoms with van der Waals surface area (Å²) in [4.78, 5) is 20.4. The van der Waals surface area contributed by atoms with Gasteiger partial charge in [0.05, 0.1) is 5.92 Å². The summed E-state index contributed by atoms with van der Waals surface area (Å²) in [5.74, 6) is -1.66. The molecule has 56 valence electrons. The highest BCUT2D eigenvalue weighted by Gasteiger charge is 2.14. The number of carbonyl (C=O) groups excluding carboxylic acids is 1. The molecule has 0 aliphatic rings. The summed E-state index contributed by atoms with van der Waals surface area (Å²) in [7, 11) is 0. The lowest BCUT2D eigenvalue weighted by atomic mass is 10.0. The number of allylic oxidation sites excluding steroid dienone is 1. The molecule has 0 aromatic carbocycles. The Morgan fingerprint density at radius 2 is 2.10 bits per heavy atom. The van der Waals surface area contributed by atoms with Crippen molar-refractivity contribution in [2.45, 2.75) is 13.8 Å². The van der Waals surface area contributed by atoms with E-state index in [4.69, 9.17) is 5.11 Å². The van der Waals surface area contributed by atoms with Gasteiger partial charge in [-0.1, -0.05) is 6.08 Å². The van der Waals surface area contributed by atoms with E-state index >= 15 is 0 Å². The molecular formula is C7H10O3. The lowest BCUT2D eigenvalue weighted by molar-refractivity contribution is -0.140. The van der Waals surface area contributed by atoms with E-state index < -0.39 is 11.9 Å². The molecule has 0 aliphatic heterocycles. The van der Waals surface area contributed by atoms with Crippen LogP contribution in [0.3, 0.4) is 0 Å². The predicted molar refractivity (Wildman–Crippen MR) is 36.6 cm³/mol. The van der Waals surface area contributed by atoms with Crippen LogP contribution in [0.5, 0.6) is 0 Å². The van der Waals surface area contributed by atoms with Crippen molar-refractivity contribution in [3.63, 3.8) is 0 Å². The molecule has 0 radical (unpaired) electrons. The molecule has 0 aromatic rings. The van der Waals surface area contributed by atoms with E-state index in [9.17, 15) is 9.59 Å². The first kappa shape index (κ1) is 8.88. The van der Waals surface area contributed by atoms with Gasteiger partial charge in [0.1, 0.15) is 6.29 Å². The third kappa shape index (κ3) is 2.01. The summed E-state index contributed by atoms with van der Waals surface area (Å²) in [6.07, 6.45) is 2.07. The Hall–Kier alpha value is -1.12. The third-order valence-corrected chi connectivity index (χ3v) is 1.34. The fourth-order valence-electron chi connectivity index (χ4n) is 0.563. The molecule has 0 aliphatic carbocycles. The van der Waals surface area contributed by atoms with Gasteiger partial charge in [0.15, 0.2) is 0 Å². The number of carboxylic acid groups (broad SMARTS) is 1. The van der Waals surface area contributed by atoms with E-state index in [1.54, 1.807) is 6.92 Å². The molecule has 1 atom stereocenters. The fourth-order valence-corrected chi connectivity index (χ4v) is 0.563. The van der Waals surface area contributed by atoms with E-state index in [0.717, 1.165) is 0 Å². The molecule has 0 heterocycles. The zero-order chi connectivity index (χ0) is 8.15. The third-order valence-electron chi connectivity index (χ3n) is 1.34. The van der Waals surface area contributed by atoms with Crippen LogP contribution in [0.2, 0.25) is 0 Å². The molecule has 0 saturated carbocycles. The monoisotopic (exact) mass is 142 g/mol. The lowest BCUT2D eigenvalue weighted by Crippen LogP contribution is -2.12. The van der Waals surface area contributed by atoms with Crippen LogP contribution < -0.4 is 0 Å². The fraction of sp³-hybridized carbons (Fsp3) is 0.429. The minimum absolute atomic E-state index is 0.313. The first-order chi connectivity index (χ1) is 4.63. The quantitative estimate of drug-likeness (QED) is 0.469. The molecule has 10 heavy (non-hydrogen) atoms. The Kier molecular flexibility index (Phi) is 3.39. The van der Waals surface area contributed by atoms with Crippen LogP contribution in [0.1, 0.15) is 13.8 Å². The van der Waals surface area contributed by atoms with Crippen LogP contribution in [0.25, 0.3) is 0 Å². The maximum Gasteiger partial charge on any atom is 0.310 e. The van der Waals surface area contributed by atoms with Gasteiger partial charge in [0.25, 0.3) is 0 Å². The normalized spacial score (nSPS) is 14.4. The molecule has 3 nitrogen and oxygen atoms in total. The van der Waals surface area contributed by atoms with Crippen molar-refractivity contribution in [1.29, 1.82) is 0 Å². The summed E-state index contributed by atoms with van der Waals surface area (Å²) in [5.41, 5.74) is 0.313. The molecule has 3 heteroatoms. The second-order valence-corrected chi connectivity index (χ2v) is 1.97. The van der Waals surface area contributed by atoms with E-state index in [1.165, 1.54) is 13.0 Å². The van der Waals surface area contributed by atoms with Crippen LogP contribution in [-0.2, 0) is 9.59 Å². The Morgan fingerprint density at radius 1 is 1.60 bits per heavy atom. The Bertz CT molecular complexity index is 170. The molecule has 0 spiro atoms. The van der Waals surface area contributed by atoms with E-state index in [2.05, 4.69) is 0 Å². The smallest absolute Gasteiger partial charge is 0.310 e. The lowest BCUT2D eigenvalue weighted by Gasteiger charge is -2.02. The highest BCUT2D eigenvalue weighted by molar-refractivity contribution is 5.85. The van der Waals surface area contributed by atoms with Crippen LogP contribution in [0, 0.1) is 5.92 Å². The standard InChI is InChI=1S/C7H10O3/c1-3-6(4-8)5(2)7(9)10/h3-5H,1-2H3,(H,9,10). The van der Waals surface area contributed by atoms with Gasteiger partial charge in [-0.2, -0.15) is 0 Å². The highest BCUT2D eigenvalue weighted by Crippen LogP contribution is 2.06. The van der Waals surface area contributed by atoms with Crippen LogP contribution in [0.15, 0.2) is 11.6 Å². The summed E-state index contributed by atoms with van der Waals surface area (Å²) in [6, 6.07) is 0. The summed E-state index contributed by atoms with van der Waals surface area (Å²) in [6.45, 7) is 3.12. The van der Waals surface area contributed by atoms with E-state index in [-0.39, 0.29) is 0 Å². The molecule has 1 N–H and O–H groups in total. The molecule has 0 amide bonds. The molecule has 0 fully saturated rings. The first-order valence-electron chi connectivity index (χ1n) is 2.97. The van der Waals surface area contributed by atoms with E-state index in [0.29, 0.717) is 11.9 Å². The van der Waals surface area contributed by atoms with Crippen LogP contribution in [-0.4, -0.2) is 17.4 Å². The van der Waals surface area contributed by atoms with Gasteiger partial charge in [0.2, 0.25) is 0 Å². The van der Waals surface area contributed by atoms with Gasteiger partial charge in [0, 0.05) is 5.57 Å². The van der Waals surface area contributed by atoms with Gasteiger partial charge in [-0.3, -0.25) is 9.59 Å². The average Bonchev–Trinajstić information content (AvgIpc) is 1.90. The van der Waals surface area contributed by atoms with Crippen LogP contribution in [0.4, 0.5) is 0 Å². The molecule has 0 bridgehead atoms. The second-order valence-electron chi connectivity index (χ2n) is 1.97. The molecule has 1 unspecified atom stereocenters. The SMILES string of the molecule is CC=C(C=O)C(C)C(=O)O. The topological polar surface area (TPSA) is 54.4 Å². The van der Waals surface area contributed by atoms with Crippen molar-refractivity contribution in [2.75, 3.05) is 0 Å². The number of rotatable bonds is 3. The van der Waals surface area contributed by atoms with Gasteiger partial charge in [-0.15, -0.1) is 0 Å². The summed E-state index contributed by atoms with van der Waals surface area (Å²) in [5, 5.41) is 8.41.